The van der Waals surface area contributed by atoms with Gasteiger partial charge in [-0.2, -0.15) is 18.3 Å². The molecule has 11 heteroatoms. The number of nitrogens with zero attached hydrogens (tertiary/aromatic N) is 2. The molecule has 7 nitrogen and oxygen atoms in total. The van der Waals surface area contributed by atoms with Crippen LogP contribution in [0.15, 0.2) is 18.3 Å². The first-order valence-corrected chi connectivity index (χ1v) is 11.5. The highest BCUT2D eigenvalue weighted by Gasteiger charge is 2.42. The van der Waals surface area contributed by atoms with Crippen LogP contribution in [0.3, 0.4) is 0 Å². The number of alkyl halides is 3. The lowest BCUT2D eigenvalue weighted by Crippen LogP contribution is -2.42. The van der Waals surface area contributed by atoms with Gasteiger partial charge in [0.25, 0.3) is 0 Å². The number of nitrogens with one attached hydrogen (secondary N) is 1. The van der Waals surface area contributed by atoms with Gasteiger partial charge < -0.3 is 14.0 Å². The molecule has 0 saturated heterocycles. The van der Waals surface area contributed by atoms with Gasteiger partial charge in [-0.15, -0.1) is 4.72 Å². The maximum atomic E-state index is 14.0. The van der Waals surface area contributed by atoms with Crippen molar-refractivity contribution in [2.75, 3.05) is 13.7 Å². The lowest BCUT2D eigenvalue weighted by Gasteiger charge is -2.27. The number of halogens is 3. The van der Waals surface area contributed by atoms with Crippen LogP contribution in [-0.4, -0.2) is 38.8 Å². The number of aryl methyl sites for hydroxylation is 2. The van der Waals surface area contributed by atoms with E-state index in [0.29, 0.717) is 17.0 Å². The summed E-state index contributed by atoms with van der Waals surface area (Å²) in [4.78, 5) is 12.2. The average Bonchev–Trinajstić information content (AvgIpc) is 3.11. The Morgan fingerprint density at radius 2 is 1.91 bits per heavy atom. The summed E-state index contributed by atoms with van der Waals surface area (Å²) < 4.78 is 68.1. The third kappa shape index (κ3) is 6.64. The van der Waals surface area contributed by atoms with Gasteiger partial charge in [0.15, 0.2) is 5.69 Å². The van der Waals surface area contributed by atoms with Crippen molar-refractivity contribution in [3.8, 4) is 11.4 Å². The number of carbonyl (C=O) groups excluding carboxylic acids is 1. The molecule has 0 fully saturated rings. The van der Waals surface area contributed by atoms with Crippen molar-refractivity contribution >= 4 is 17.3 Å². The van der Waals surface area contributed by atoms with Crippen molar-refractivity contribution in [1.82, 2.24) is 14.5 Å². The van der Waals surface area contributed by atoms with Gasteiger partial charge in [-0.1, -0.05) is 6.07 Å². The van der Waals surface area contributed by atoms with Gasteiger partial charge in [-0.05, 0) is 58.7 Å². The first-order chi connectivity index (χ1) is 15.2. The summed E-state index contributed by atoms with van der Waals surface area (Å²) in [5.41, 5.74) is 0.376. The van der Waals surface area contributed by atoms with Crippen molar-refractivity contribution in [3.63, 3.8) is 0 Å². The number of methoxy groups -OCH3 is 1. The van der Waals surface area contributed by atoms with E-state index in [0.717, 1.165) is 10.2 Å². The van der Waals surface area contributed by atoms with Crippen molar-refractivity contribution in [1.29, 1.82) is 0 Å². The molecule has 0 aliphatic carbocycles. The van der Waals surface area contributed by atoms with Gasteiger partial charge in [0, 0.05) is 23.1 Å². The zero-order valence-electron chi connectivity index (χ0n) is 19.8. The van der Waals surface area contributed by atoms with Gasteiger partial charge >= 0.3 is 12.1 Å². The molecule has 33 heavy (non-hydrogen) atoms. The Balaban J connectivity index is 2.68. The summed E-state index contributed by atoms with van der Waals surface area (Å²) in [6.45, 7) is 10.3. The second-order valence-corrected chi connectivity index (χ2v) is 10.6. The molecule has 0 bridgehead atoms. The number of benzene rings is 1. The third-order valence-corrected chi connectivity index (χ3v) is 6.34. The Labute approximate surface area is 195 Å². The number of ether oxygens (including phenoxy) is 2. The van der Waals surface area contributed by atoms with E-state index < -0.39 is 46.4 Å². The van der Waals surface area contributed by atoms with Gasteiger partial charge in [0.2, 0.25) is 0 Å². The van der Waals surface area contributed by atoms with Crippen LogP contribution in [0, 0.1) is 13.8 Å². The second kappa shape index (κ2) is 10.4. The molecular formula is C22H30F3N3O4S. The fraction of sp³-hybridized carbons (Fsp3) is 0.545. The van der Waals surface area contributed by atoms with Gasteiger partial charge in [-0.3, -0.25) is 4.79 Å². The van der Waals surface area contributed by atoms with Crippen molar-refractivity contribution < 1.29 is 32.0 Å². The monoisotopic (exact) mass is 489 g/mol. The highest BCUT2D eigenvalue weighted by Crippen LogP contribution is 2.38. The molecule has 0 amide bonds. The van der Waals surface area contributed by atoms with E-state index >= 15 is 0 Å². The molecule has 1 heterocycles. The summed E-state index contributed by atoms with van der Waals surface area (Å²) in [5.74, 6) is -0.366. The SMILES string of the molecule is CCOC(=O)C[C@H](N[S+]([O-])C(C)(C)C)c1cn(-c2c(C)cc(C)cc2OC)nc1C(F)(F)F. The summed E-state index contributed by atoms with van der Waals surface area (Å²) in [6.07, 6.45) is -4.07. The number of esters is 1. The molecule has 0 saturated carbocycles. The molecule has 2 atom stereocenters. The molecule has 0 radical (unpaired) electrons. The third-order valence-electron chi connectivity index (χ3n) is 4.73. The molecule has 0 aliphatic heterocycles. The average molecular weight is 490 g/mol. The van der Waals surface area contributed by atoms with E-state index in [2.05, 4.69) is 9.82 Å². The fourth-order valence-electron chi connectivity index (χ4n) is 3.25. The Morgan fingerprint density at radius 3 is 2.42 bits per heavy atom. The Bertz CT molecular complexity index is 986. The van der Waals surface area contributed by atoms with Gasteiger partial charge in [-0.25, -0.2) is 4.68 Å². The normalized spacial score (nSPS) is 14.2. The standard InChI is InChI=1S/C22H30F3N3O4S/c1-8-32-18(29)11-16(27-33(30)21(4,5)6)15-12-28(26-20(15)22(23,24)25)19-14(3)9-13(2)10-17(19)31-7/h9-10,12,16,27H,8,11H2,1-7H3/t16-,33?/m0/s1. The molecule has 2 aromatic rings. The van der Waals surface area contributed by atoms with E-state index in [9.17, 15) is 22.5 Å². The maximum Gasteiger partial charge on any atom is 0.435 e. The highest BCUT2D eigenvalue weighted by molar-refractivity contribution is 7.90. The first kappa shape index (κ1) is 27.0. The van der Waals surface area contributed by atoms with E-state index in [1.165, 1.54) is 13.3 Å². The molecule has 1 aromatic carbocycles. The Kier molecular flexibility index (Phi) is 8.47. The topological polar surface area (TPSA) is 88.4 Å². The molecular weight excluding hydrogens is 459 g/mol. The zero-order valence-corrected chi connectivity index (χ0v) is 20.6. The minimum atomic E-state index is -4.82. The lowest BCUT2D eigenvalue weighted by atomic mass is 10.1. The van der Waals surface area contributed by atoms with Crippen molar-refractivity contribution in [2.24, 2.45) is 0 Å². The van der Waals surface area contributed by atoms with E-state index in [1.807, 2.05) is 6.92 Å². The van der Waals surface area contributed by atoms with Crippen molar-refractivity contribution in [2.45, 2.75) is 64.9 Å². The highest BCUT2D eigenvalue weighted by atomic mass is 32.2. The van der Waals surface area contributed by atoms with E-state index in [4.69, 9.17) is 9.47 Å². The molecule has 184 valence electrons. The quantitative estimate of drug-likeness (QED) is 0.432. The lowest BCUT2D eigenvalue weighted by molar-refractivity contribution is -0.145. The van der Waals surface area contributed by atoms with E-state index in [-0.39, 0.29) is 12.2 Å². The Hall–Kier alpha value is -2.24. The van der Waals surface area contributed by atoms with Crippen LogP contribution in [0.1, 0.15) is 62.5 Å². The molecule has 0 spiro atoms. The van der Waals surface area contributed by atoms with Crippen LogP contribution < -0.4 is 9.46 Å². The summed E-state index contributed by atoms with van der Waals surface area (Å²) in [7, 11) is 1.42. The minimum absolute atomic E-state index is 0.0685. The molecule has 1 N–H and O–H groups in total. The van der Waals surface area contributed by atoms with Gasteiger partial charge in [0.05, 0.1) is 26.2 Å². The molecule has 1 unspecified atom stereocenters. The number of hydrogen-bond acceptors (Lipinski definition) is 6. The fourth-order valence-corrected chi connectivity index (χ4v) is 4.08. The number of hydrogen-bond donors (Lipinski definition) is 1. The minimum Gasteiger partial charge on any atom is -0.598 e. The first-order valence-electron chi connectivity index (χ1n) is 10.3. The number of rotatable bonds is 8. The second-order valence-electron chi connectivity index (χ2n) is 8.57. The van der Waals surface area contributed by atoms with Crippen LogP contribution >= 0.6 is 0 Å². The van der Waals surface area contributed by atoms with Crippen LogP contribution in [0.2, 0.25) is 0 Å². The van der Waals surface area contributed by atoms with Gasteiger partial charge in [0.1, 0.15) is 16.2 Å². The van der Waals surface area contributed by atoms with Crippen molar-refractivity contribution in [3.05, 3.63) is 40.7 Å². The summed E-state index contributed by atoms with van der Waals surface area (Å²) >= 11 is -1.76. The molecule has 1 aromatic heterocycles. The number of carbonyl (C=O) groups is 1. The van der Waals surface area contributed by atoms with Crippen LogP contribution in [0.25, 0.3) is 5.69 Å². The zero-order chi connectivity index (χ0) is 25.1. The Morgan fingerprint density at radius 1 is 1.27 bits per heavy atom. The summed E-state index contributed by atoms with van der Waals surface area (Å²) in [6, 6.07) is 2.25. The predicted octanol–water partition coefficient (Wildman–Crippen LogP) is 4.56. The van der Waals surface area contributed by atoms with Crippen LogP contribution in [0.5, 0.6) is 5.75 Å². The molecule has 2 rings (SSSR count). The van der Waals surface area contributed by atoms with Crippen LogP contribution in [-0.2, 0) is 27.1 Å². The van der Waals surface area contributed by atoms with E-state index in [1.54, 1.807) is 46.8 Å². The summed E-state index contributed by atoms with van der Waals surface area (Å²) in [5, 5.41) is 3.82. The largest absolute Gasteiger partial charge is 0.598 e. The smallest absolute Gasteiger partial charge is 0.435 e. The maximum absolute atomic E-state index is 14.0. The van der Waals surface area contributed by atoms with Crippen LogP contribution in [0.4, 0.5) is 13.2 Å². The number of aromatic nitrogens is 2. The molecule has 0 aliphatic rings. The predicted molar refractivity (Wildman–Crippen MR) is 120 cm³/mol.